The minimum atomic E-state index is -0.249. The minimum Gasteiger partial charge on any atom is -0.497 e. The van der Waals surface area contributed by atoms with Gasteiger partial charge in [0.05, 0.1) is 19.9 Å². The van der Waals surface area contributed by atoms with Crippen LogP contribution in [0.4, 0.5) is 4.39 Å². The topological polar surface area (TPSA) is 31.4 Å². The van der Waals surface area contributed by atoms with Crippen molar-refractivity contribution in [3.63, 3.8) is 0 Å². The van der Waals surface area contributed by atoms with Gasteiger partial charge in [-0.15, -0.1) is 11.3 Å². The first kappa shape index (κ1) is 16.2. The van der Waals surface area contributed by atoms with Crippen molar-refractivity contribution in [2.45, 2.75) is 0 Å². The molecule has 1 aromatic heterocycles. The van der Waals surface area contributed by atoms with Gasteiger partial charge in [0.25, 0.3) is 0 Å². The van der Waals surface area contributed by atoms with Gasteiger partial charge in [0.15, 0.2) is 0 Å². The van der Waals surface area contributed by atoms with E-state index >= 15 is 0 Å². The number of nitrogens with zero attached hydrogens (tertiary/aromatic N) is 1. The Morgan fingerprint density at radius 1 is 1.00 bits per heavy atom. The summed E-state index contributed by atoms with van der Waals surface area (Å²) < 4.78 is 23.6. The first-order chi connectivity index (χ1) is 11.7. The third-order valence-corrected chi connectivity index (χ3v) is 4.32. The van der Waals surface area contributed by atoms with E-state index in [-0.39, 0.29) is 5.82 Å². The third kappa shape index (κ3) is 3.63. The lowest BCUT2D eigenvalue weighted by Crippen LogP contribution is -1.89. The Kier molecular flexibility index (Phi) is 4.91. The highest BCUT2D eigenvalue weighted by Crippen LogP contribution is 2.27. The Bertz CT molecular complexity index is 856. The minimum absolute atomic E-state index is 0.249. The van der Waals surface area contributed by atoms with Crippen LogP contribution in [-0.4, -0.2) is 19.2 Å². The van der Waals surface area contributed by atoms with E-state index in [4.69, 9.17) is 9.47 Å². The summed E-state index contributed by atoms with van der Waals surface area (Å²) in [6, 6.07) is 12.0. The van der Waals surface area contributed by atoms with Crippen molar-refractivity contribution in [2.75, 3.05) is 14.2 Å². The Morgan fingerprint density at radius 3 is 2.50 bits per heavy atom. The summed E-state index contributed by atoms with van der Waals surface area (Å²) in [4.78, 5) is 4.56. The van der Waals surface area contributed by atoms with Crippen molar-refractivity contribution in [1.82, 2.24) is 4.98 Å². The van der Waals surface area contributed by atoms with E-state index in [1.165, 1.54) is 23.5 Å². The van der Waals surface area contributed by atoms with Crippen molar-refractivity contribution in [3.8, 4) is 22.8 Å². The summed E-state index contributed by atoms with van der Waals surface area (Å²) >= 11 is 1.53. The molecule has 1 heterocycles. The largest absolute Gasteiger partial charge is 0.497 e. The number of benzene rings is 2. The third-order valence-electron chi connectivity index (χ3n) is 3.51. The van der Waals surface area contributed by atoms with Crippen molar-refractivity contribution < 1.29 is 13.9 Å². The standard InChI is InChI=1S/C19H16FNO2S/c1-22-16-9-5-14(18(11-16)23-2)6-10-19-21-17(12-24-19)13-3-7-15(20)8-4-13/h3-12H,1-2H3. The molecular formula is C19H16FNO2S. The molecule has 0 N–H and O–H groups in total. The zero-order valence-corrected chi connectivity index (χ0v) is 14.1. The molecule has 0 aliphatic heterocycles. The van der Waals surface area contributed by atoms with Crippen LogP contribution in [0.1, 0.15) is 10.6 Å². The summed E-state index contributed by atoms with van der Waals surface area (Å²) in [5.41, 5.74) is 2.67. The highest BCUT2D eigenvalue weighted by Gasteiger charge is 2.05. The molecule has 0 saturated carbocycles. The van der Waals surface area contributed by atoms with Gasteiger partial charge in [-0.3, -0.25) is 0 Å². The molecule has 0 aliphatic rings. The van der Waals surface area contributed by atoms with Crippen molar-refractivity contribution in [1.29, 1.82) is 0 Å². The van der Waals surface area contributed by atoms with Crippen molar-refractivity contribution in [3.05, 3.63) is 64.2 Å². The average Bonchev–Trinajstić information content (AvgIpc) is 3.09. The molecule has 3 rings (SSSR count). The zero-order chi connectivity index (χ0) is 16.9. The van der Waals surface area contributed by atoms with Gasteiger partial charge >= 0.3 is 0 Å². The van der Waals surface area contributed by atoms with Crippen LogP contribution < -0.4 is 9.47 Å². The zero-order valence-electron chi connectivity index (χ0n) is 13.3. The Labute approximate surface area is 144 Å². The van der Waals surface area contributed by atoms with E-state index in [2.05, 4.69) is 4.98 Å². The lowest BCUT2D eigenvalue weighted by atomic mass is 10.1. The summed E-state index contributed by atoms with van der Waals surface area (Å²) in [7, 11) is 3.25. The number of ether oxygens (including phenoxy) is 2. The maximum Gasteiger partial charge on any atom is 0.129 e. The van der Waals surface area contributed by atoms with Crippen LogP contribution in [0.2, 0.25) is 0 Å². The van der Waals surface area contributed by atoms with Crippen LogP contribution in [0.25, 0.3) is 23.4 Å². The Balaban J connectivity index is 1.82. The fourth-order valence-corrected chi connectivity index (χ4v) is 2.95. The van der Waals surface area contributed by atoms with Crippen LogP contribution in [0.5, 0.6) is 11.5 Å². The number of thiazole rings is 1. The first-order valence-corrected chi connectivity index (χ1v) is 8.19. The second-order valence-corrected chi connectivity index (χ2v) is 5.91. The van der Waals surface area contributed by atoms with Crippen LogP contribution in [0.15, 0.2) is 47.8 Å². The number of hydrogen-bond donors (Lipinski definition) is 0. The van der Waals surface area contributed by atoms with Crippen LogP contribution >= 0.6 is 11.3 Å². The predicted molar refractivity (Wildman–Crippen MR) is 96.0 cm³/mol. The second-order valence-electron chi connectivity index (χ2n) is 5.02. The van der Waals surface area contributed by atoms with Crippen LogP contribution in [0, 0.1) is 5.82 Å². The number of aromatic nitrogens is 1. The molecule has 24 heavy (non-hydrogen) atoms. The molecule has 0 fully saturated rings. The van der Waals surface area contributed by atoms with Crippen molar-refractivity contribution >= 4 is 23.5 Å². The molecule has 0 saturated heterocycles. The molecule has 122 valence electrons. The summed E-state index contributed by atoms with van der Waals surface area (Å²) in [6.07, 6.45) is 3.88. The second kappa shape index (κ2) is 7.27. The molecule has 0 amide bonds. The van der Waals surface area contributed by atoms with Crippen LogP contribution in [0.3, 0.4) is 0 Å². The molecular weight excluding hydrogens is 325 g/mol. The molecule has 3 nitrogen and oxygen atoms in total. The predicted octanol–water partition coefficient (Wildman–Crippen LogP) is 5.14. The molecule has 0 bridgehead atoms. The van der Waals surface area contributed by atoms with E-state index in [1.807, 2.05) is 35.7 Å². The quantitative estimate of drug-likeness (QED) is 0.644. The van der Waals surface area contributed by atoms with E-state index in [0.717, 1.165) is 33.3 Å². The highest BCUT2D eigenvalue weighted by atomic mass is 32.1. The fraction of sp³-hybridized carbons (Fsp3) is 0.105. The summed E-state index contributed by atoms with van der Waals surface area (Å²) in [5.74, 6) is 1.23. The molecule has 2 aromatic carbocycles. The SMILES string of the molecule is COc1ccc(C=Cc2nc(-c3ccc(F)cc3)cs2)c(OC)c1. The maximum absolute atomic E-state index is 13.0. The van der Waals surface area contributed by atoms with Gasteiger partial charge in [-0.1, -0.05) is 0 Å². The molecule has 3 aromatic rings. The van der Waals surface area contributed by atoms with Crippen LogP contribution in [-0.2, 0) is 0 Å². The Morgan fingerprint density at radius 2 is 1.79 bits per heavy atom. The molecule has 0 atom stereocenters. The molecule has 0 unspecified atom stereocenters. The maximum atomic E-state index is 13.0. The average molecular weight is 341 g/mol. The van der Waals surface area contributed by atoms with E-state index in [0.29, 0.717) is 0 Å². The monoisotopic (exact) mass is 341 g/mol. The van der Waals surface area contributed by atoms with Gasteiger partial charge in [0.2, 0.25) is 0 Å². The number of methoxy groups -OCH3 is 2. The summed E-state index contributed by atoms with van der Waals surface area (Å²) in [5, 5.41) is 2.82. The van der Waals surface area contributed by atoms with E-state index in [1.54, 1.807) is 26.4 Å². The smallest absolute Gasteiger partial charge is 0.129 e. The number of hydrogen-bond acceptors (Lipinski definition) is 4. The normalized spacial score (nSPS) is 11.0. The number of rotatable bonds is 5. The van der Waals surface area contributed by atoms with Crippen molar-refractivity contribution in [2.24, 2.45) is 0 Å². The van der Waals surface area contributed by atoms with E-state index < -0.39 is 0 Å². The van der Waals surface area contributed by atoms with Gasteiger partial charge in [-0.25, -0.2) is 9.37 Å². The molecule has 0 aliphatic carbocycles. The summed E-state index contributed by atoms with van der Waals surface area (Å²) in [6.45, 7) is 0. The van der Waals surface area contributed by atoms with Gasteiger partial charge in [0.1, 0.15) is 22.3 Å². The van der Waals surface area contributed by atoms with Gasteiger partial charge in [-0.05, 0) is 48.6 Å². The van der Waals surface area contributed by atoms with Gasteiger partial charge in [0, 0.05) is 22.6 Å². The highest BCUT2D eigenvalue weighted by molar-refractivity contribution is 7.10. The lowest BCUT2D eigenvalue weighted by Gasteiger charge is -2.06. The van der Waals surface area contributed by atoms with Gasteiger partial charge < -0.3 is 9.47 Å². The number of halogens is 1. The Hall–Kier alpha value is -2.66. The van der Waals surface area contributed by atoms with Gasteiger partial charge in [-0.2, -0.15) is 0 Å². The van der Waals surface area contributed by atoms with E-state index in [9.17, 15) is 4.39 Å². The first-order valence-electron chi connectivity index (χ1n) is 7.31. The molecule has 5 heteroatoms. The molecule has 0 radical (unpaired) electrons. The fourth-order valence-electron chi connectivity index (χ4n) is 2.23. The molecule has 0 spiro atoms. The lowest BCUT2D eigenvalue weighted by molar-refractivity contribution is 0.394.